The molecule has 160 valence electrons. The van der Waals surface area contributed by atoms with Gasteiger partial charge in [0.15, 0.2) is 5.82 Å². The summed E-state index contributed by atoms with van der Waals surface area (Å²) in [6, 6.07) is 22.9. The minimum Gasteiger partial charge on any atom is -0.369 e. The van der Waals surface area contributed by atoms with Crippen molar-refractivity contribution in [1.29, 1.82) is 0 Å². The topological polar surface area (TPSA) is 62.7 Å². The highest BCUT2D eigenvalue weighted by molar-refractivity contribution is 5.70. The number of hydrogen-bond acceptors (Lipinski definition) is 5. The Morgan fingerprint density at radius 1 is 0.938 bits per heavy atom. The SMILES string of the molecule is CC(C)c1ccccc1-c1nc2c(c(NCc3ccc(-c4ccccn4)cc3)n1)CCN2. The van der Waals surface area contributed by atoms with Gasteiger partial charge in [-0.05, 0) is 35.6 Å². The van der Waals surface area contributed by atoms with E-state index in [0.717, 1.165) is 47.2 Å². The Balaban J connectivity index is 1.41. The van der Waals surface area contributed by atoms with E-state index in [2.05, 4.69) is 78.0 Å². The second-order valence-corrected chi connectivity index (χ2v) is 8.41. The van der Waals surface area contributed by atoms with Crippen LogP contribution in [-0.4, -0.2) is 21.5 Å². The van der Waals surface area contributed by atoms with Crippen LogP contribution in [0.15, 0.2) is 72.9 Å². The van der Waals surface area contributed by atoms with Crippen molar-refractivity contribution in [3.8, 4) is 22.6 Å². The average molecular weight is 422 g/mol. The number of hydrogen-bond donors (Lipinski definition) is 2. The van der Waals surface area contributed by atoms with Crippen LogP contribution in [0, 0.1) is 0 Å². The van der Waals surface area contributed by atoms with Gasteiger partial charge in [0.1, 0.15) is 11.6 Å². The summed E-state index contributed by atoms with van der Waals surface area (Å²) in [7, 11) is 0. The number of anilines is 2. The predicted octanol–water partition coefficient (Wildman–Crippen LogP) is 5.91. The van der Waals surface area contributed by atoms with Gasteiger partial charge in [-0.2, -0.15) is 0 Å². The summed E-state index contributed by atoms with van der Waals surface area (Å²) in [5.41, 5.74) is 6.84. The van der Waals surface area contributed by atoms with E-state index in [-0.39, 0.29) is 0 Å². The molecule has 5 heteroatoms. The molecule has 0 amide bonds. The van der Waals surface area contributed by atoms with Gasteiger partial charge in [-0.1, -0.05) is 68.4 Å². The Kier molecular flexibility index (Phi) is 5.55. The van der Waals surface area contributed by atoms with E-state index in [1.54, 1.807) is 0 Å². The molecule has 3 heterocycles. The van der Waals surface area contributed by atoms with Crippen molar-refractivity contribution in [2.24, 2.45) is 0 Å². The minimum atomic E-state index is 0.407. The lowest BCUT2D eigenvalue weighted by atomic mass is 9.97. The summed E-state index contributed by atoms with van der Waals surface area (Å²) in [6.07, 6.45) is 2.76. The van der Waals surface area contributed by atoms with Crippen LogP contribution in [0.1, 0.15) is 36.5 Å². The maximum absolute atomic E-state index is 4.97. The van der Waals surface area contributed by atoms with Crippen LogP contribution in [0.3, 0.4) is 0 Å². The standard InChI is InChI=1S/C27H27N5/c1-18(2)21-7-3-4-8-22(21)27-31-25-23(14-16-29-25)26(32-27)30-17-19-10-12-20(13-11-19)24-9-5-6-15-28-24/h3-13,15,18H,14,16-17H2,1-2H3,(H2,29,30,31,32). The van der Waals surface area contributed by atoms with Gasteiger partial charge >= 0.3 is 0 Å². The molecule has 4 aromatic rings. The van der Waals surface area contributed by atoms with E-state index in [9.17, 15) is 0 Å². The van der Waals surface area contributed by atoms with Gasteiger partial charge in [0.05, 0.1) is 5.69 Å². The normalized spacial score (nSPS) is 12.5. The maximum Gasteiger partial charge on any atom is 0.164 e. The Labute approximate surface area is 189 Å². The molecule has 2 aromatic heterocycles. The molecule has 1 aliphatic heterocycles. The number of pyridine rings is 1. The van der Waals surface area contributed by atoms with Crippen LogP contribution in [0.2, 0.25) is 0 Å². The zero-order chi connectivity index (χ0) is 21.9. The molecule has 0 fully saturated rings. The highest BCUT2D eigenvalue weighted by Crippen LogP contribution is 2.33. The lowest BCUT2D eigenvalue weighted by Gasteiger charge is -2.15. The number of fused-ring (bicyclic) bond motifs is 1. The van der Waals surface area contributed by atoms with Crippen molar-refractivity contribution in [2.75, 3.05) is 17.2 Å². The molecule has 0 atom stereocenters. The van der Waals surface area contributed by atoms with Crippen molar-refractivity contribution in [3.05, 3.63) is 89.6 Å². The van der Waals surface area contributed by atoms with Gasteiger partial charge in [0.2, 0.25) is 0 Å². The van der Waals surface area contributed by atoms with Crippen molar-refractivity contribution in [3.63, 3.8) is 0 Å². The zero-order valence-electron chi connectivity index (χ0n) is 18.5. The first kappa shape index (κ1) is 20.2. The first-order valence-corrected chi connectivity index (χ1v) is 11.2. The van der Waals surface area contributed by atoms with Crippen molar-refractivity contribution in [2.45, 2.75) is 32.7 Å². The Hall–Kier alpha value is -3.73. The van der Waals surface area contributed by atoms with Crippen molar-refractivity contribution >= 4 is 11.6 Å². The molecule has 0 saturated carbocycles. The molecular weight excluding hydrogens is 394 g/mol. The summed E-state index contributed by atoms with van der Waals surface area (Å²) in [4.78, 5) is 14.3. The van der Waals surface area contributed by atoms with Crippen LogP contribution >= 0.6 is 0 Å². The third-order valence-electron chi connectivity index (χ3n) is 5.87. The van der Waals surface area contributed by atoms with Crippen LogP contribution < -0.4 is 10.6 Å². The predicted molar refractivity (Wildman–Crippen MR) is 131 cm³/mol. The zero-order valence-corrected chi connectivity index (χ0v) is 18.5. The van der Waals surface area contributed by atoms with E-state index >= 15 is 0 Å². The van der Waals surface area contributed by atoms with E-state index in [1.165, 1.54) is 16.7 Å². The average Bonchev–Trinajstić information content (AvgIpc) is 3.32. The van der Waals surface area contributed by atoms with Crippen molar-refractivity contribution < 1.29 is 0 Å². The smallest absolute Gasteiger partial charge is 0.164 e. The number of benzene rings is 2. The minimum absolute atomic E-state index is 0.407. The monoisotopic (exact) mass is 421 g/mol. The molecule has 0 saturated heterocycles. The Bertz CT molecular complexity index is 1220. The highest BCUT2D eigenvalue weighted by atomic mass is 15.1. The first-order chi connectivity index (χ1) is 15.7. The Morgan fingerprint density at radius 2 is 1.75 bits per heavy atom. The highest BCUT2D eigenvalue weighted by Gasteiger charge is 2.21. The molecule has 0 radical (unpaired) electrons. The van der Waals surface area contributed by atoms with Crippen LogP contribution in [0.25, 0.3) is 22.6 Å². The molecule has 5 rings (SSSR count). The van der Waals surface area contributed by atoms with Gasteiger partial charge in [-0.25, -0.2) is 9.97 Å². The molecule has 32 heavy (non-hydrogen) atoms. The summed E-state index contributed by atoms with van der Waals surface area (Å²) < 4.78 is 0. The lowest BCUT2D eigenvalue weighted by Crippen LogP contribution is -2.07. The second-order valence-electron chi connectivity index (χ2n) is 8.41. The maximum atomic E-state index is 4.97. The summed E-state index contributed by atoms with van der Waals surface area (Å²) >= 11 is 0. The third-order valence-corrected chi connectivity index (χ3v) is 5.87. The second kappa shape index (κ2) is 8.79. The molecule has 5 nitrogen and oxygen atoms in total. The Morgan fingerprint density at radius 3 is 2.53 bits per heavy atom. The molecule has 1 aliphatic rings. The number of aromatic nitrogens is 3. The summed E-state index contributed by atoms with van der Waals surface area (Å²) in [5.74, 6) is 3.05. The van der Waals surface area contributed by atoms with Gasteiger partial charge < -0.3 is 10.6 Å². The molecular formula is C27H27N5. The molecule has 0 bridgehead atoms. The van der Waals surface area contributed by atoms with Crippen LogP contribution in [-0.2, 0) is 13.0 Å². The summed E-state index contributed by atoms with van der Waals surface area (Å²) in [6.45, 7) is 6.01. The number of nitrogens with zero attached hydrogens (tertiary/aromatic N) is 3. The first-order valence-electron chi connectivity index (χ1n) is 11.2. The largest absolute Gasteiger partial charge is 0.369 e. The number of rotatable bonds is 6. The molecule has 2 N–H and O–H groups in total. The van der Waals surface area contributed by atoms with Crippen LogP contribution in [0.5, 0.6) is 0 Å². The fraction of sp³-hybridized carbons (Fsp3) is 0.222. The van der Waals surface area contributed by atoms with Crippen LogP contribution in [0.4, 0.5) is 11.6 Å². The fourth-order valence-electron chi connectivity index (χ4n) is 4.16. The summed E-state index contributed by atoms with van der Waals surface area (Å²) in [5, 5.41) is 7.00. The third kappa shape index (κ3) is 4.06. The van der Waals surface area contributed by atoms with Gasteiger partial charge in [-0.3, -0.25) is 4.98 Å². The molecule has 0 unspecified atom stereocenters. The van der Waals surface area contributed by atoms with Gasteiger partial charge in [-0.15, -0.1) is 0 Å². The van der Waals surface area contributed by atoms with Gasteiger partial charge in [0, 0.05) is 36.0 Å². The van der Waals surface area contributed by atoms with Crippen molar-refractivity contribution in [1.82, 2.24) is 15.0 Å². The van der Waals surface area contributed by atoms with Gasteiger partial charge in [0.25, 0.3) is 0 Å². The molecule has 2 aromatic carbocycles. The molecule has 0 spiro atoms. The van der Waals surface area contributed by atoms with E-state index in [4.69, 9.17) is 9.97 Å². The van der Waals surface area contributed by atoms with E-state index in [0.29, 0.717) is 12.5 Å². The fourth-order valence-corrected chi connectivity index (χ4v) is 4.16. The van der Waals surface area contributed by atoms with E-state index in [1.807, 2.05) is 24.4 Å². The van der Waals surface area contributed by atoms with E-state index < -0.39 is 0 Å². The molecule has 0 aliphatic carbocycles. The lowest BCUT2D eigenvalue weighted by molar-refractivity contribution is 0.866. The quantitative estimate of drug-likeness (QED) is 0.405. The number of nitrogens with one attached hydrogen (secondary N) is 2.